The van der Waals surface area contributed by atoms with E-state index in [2.05, 4.69) is 9.89 Å². The molecule has 1 amide bonds. The molecule has 0 aromatic carbocycles. The predicted octanol–water partition coefficient (Wildman–Crippen LogP) is 1.52. The number of aliphatic hydroxyl groups is 1. The van der Waals surface area contributed by atoms with Crippen LogP contribution in [-0.2, 0) is 0 Å². The number of aliphatic imine (C=N–C) groups is 2. The average Bonchev–Trinajstić information content (AvgIpc) is 3.13. The van der Waals surface area contributed by atoms with Crippen LogP contribution in [-0.4, -0.2) is 73.8 Å². The third-order valence-corrected chi connectivity index (χ3v) is 6.18. The van der Waals surface area contributed by atoms with Gasteiger partial charge in [0.1, 0.15) is 11.9 Å². The molecule has 4 atom stereocenters. The van der Waals surface area contributed by atoms with E-state index in [0.29, 0.717) is 18.9 Å². The zero-order chi connectivity index (χ0) is 16.9. The maximum absolute atomic E-state index is 11.4. The minimum Gasteiger partial charge on any atom is -0.465 e. The van der Waals surface area contributed by atoms with Gasteiger partial charge in [0.25, 0.3) is 0 Å². The van der Waals surface area contributed by atoms with Gasteiger partial charge in [-0.05, 0) is 37.3 Å². The lowest BCUT2D eigenvalue weighted by Crippen LogP contribution is -2.57. The molecule has 7 nitrogen and oxygen atoms in total. The molecule has 0 aliphatic carbocycles. The number of carboxylic acid groups (broad SMARTS) is 1. The molecule has 1 saturated heterocycles. The van der Waals surface area contributed by atoms with E-state index in [9.17, 15) is 15.0 Å². The Morgan fingerprint density at radius 1 is 1.54 bits per heavy atom. The summed E-state index contributed by atoms with van der Waals surface area (Å²) in [5, 5.41) is 21.6. The van der Waals surface area contributed by atoms with Gasteiger partial charge in [0.05, 0.1) is 11.8 Å². The first kappa shape index (κ1) is 15.7. The molecule has 0 radical (unpaired) electrons. The lowest BCUT2D eigenvalue weighted by atomic mass is 9.96. The number of amidine groups is 1. The van der Waals surface area contributed by atoms with E-state index in [0.717, 1.165) is 18.6 Å². The van der Waals surface area contributed by atoms with Crippen molar-refractivity contribution in [1.29, 1.82) is 0 Å². The lowest BCUT2D eigenvalue weighted by molar-refractivity contribution is 0.101. The number of hydrogen-bond donors (Lipinski definition) is 2. The predicted molar refractivity (Wildman–Crippen MR) is 93.4 cm³/mol. The molecule has 1 fully saturated rings. The van der Waals surface area contributed by atoms with Crippen molar-refractivity contribution in [3.8, 4) is 0 Å². The molecule has 0 saturated carbocycles. The normalized spacial score (nSPS) is 35.4. The summed E-state index contributed by atoms with van der Waals surface area (Å²) >= 11 is 1.61. The van der Waals surface area contributed by atoms with E-state index in [1.807, 2.05) is 17.6 Å². The van der Waals surface area contributed by atoms with E-state index in [-0.39, 0.29) is 12.1 Å². The monoisotopic (exact) mass is 348 g/mol. The van der Waals surface area contributed by atoms with E-state index in [1.54, 1.807) is 24.9 Å². The largest absolute Gasteiger partial charge is 0.465 e. The molecule has 0 aromatic rings. The van der Waals surface area contributed by atoms with E-state index >= 15 is 0 Å². The van der Waals surface area contributed by atoms with Crippen LogP contribution in [0.3, 0.4) is 0 Å². The highest BCUT2D eigenvalue weighted by Gasteiger charge is 2.56. The number of nitrogens with zero attached hydrogens (tertiary/aromatic N) is 4. The summed E-state index contributed by atoms with van der Waals surface area (Å²) in [5.41, 5.74) is 0.895. The van der Waals surface area contributed by atoms with Crippen molar-refractivity contribution in [2.24, 2.45) is 9.98 Å². The number of piperidine rings is 1. The number of hydrogen-bond acceptors (Lipinski definition) is 6. The molecule has 1 spiro atoms. The fourth-order valence-electron chi connectivity index (χ4n) is 3.95. The first-order valence-electron chi connectivity index (χ1n) is 8.16. The van der Waals surface area contributed by atoms with Crippen molar-refractivity contribution in [2.75, 3.05) is 13.1 Å². The molecule has 4 aliphatic heterocycles. The fourth-order valence-corrected chi connectivity index (χ4v) is 5.08. The first-order chi connectivity index (χ1) is 11.5. The molecular formula is C16H20N4O3S. The molecule has 0 bridgehead atoms. The van der Waals surface area contributed by atoms with Crippen molar-refractivity contribution in [3.05, 3.63) is 23.8 Å². The van der Waals surface area contributed by atoms with Gasteiger partial charge in [-0.1, -0.05) is 11.8 Å². The van der Waals surface area contributed by atoms with Crippen LogP contribution in [0.4, 0.5) is 4.79 Å². The Kier molecular flexibility index (Phi) is 3.69. The van der Waals surface area contributed by atoms with Crippen molar-refractivity contribution in [1.82, 2.24) is 9.80 Å². The summed E-state index contributed by atoms with van der Waals surface area (Å²) in [5.74, 6) is 0.632. The van der Waals surface area contributed by atoms with Gasteiger partial charge in [-0.15, -0.1) is 0 Å². The van der Waals surface area contributed by atoms with Gasteiger partial charge in [-0.25, -0.2) is 9.79 Å². The van der Waals surface area contributed by atoms with E-state index < -0.39 is 17.1 Å². The van der Waals surface area contributed by atoms with Crippen LogP contribution in [0.2, 0.25) is 0 Å². The third-order valence-electron chi connectivity index (χ3n) is 5.00. The van der Waals surface area contributed by atoms with Gasteiger partial charge in [-0.3, -0.25) is 4.99 Å². The molecule has 2 N–H and O–H groups in total. The Morgan fingerprint density at radius 2 is 2.38 bits per heavy atom. The molecule has 0 aromatic heterocycles. The molecule has 2 unspecified atom stereocenters. The van der Waals surface area contributed by atoms with E-state index in [1.165, 1.54) is 4.90 Å². The Labute approximate surface area is 144 Å². The van der Waals surface area contributed by atoms with Crippen molar-refractivity contribution in [2.45, 2.75) is 42.8 Å². The molecule has 4 rings (SSSR count). The summed E-state index contributed by atoms with van der Waals surface area (Å²) in [4.78, 5) is 23.8. The topological polar surface area (TPSA) is 88.7 Å². The standard InChI is InChI=1S/C16H20N4O3S/c1-10(21)14-18-16-12(5-8-24-16)17-6-4-13(16)20(14)11-3-2-7-19(9-11)15(22)23/h4-6,8,10-11,13,21H,2-3,7,9H2,1H3,(H,22,23)/t10-,11+,13?,16?/m1/s1. The number of rotatable bonds is 2. The molecule has 24 heavy (non-hydrogen) atoms. The number of likely N-dealkylation sites (tertiary alicyclic amines) is 1. The summed E-state index contributed by atoms with van der Waals surface area (Å²) in [7, 11) is 0. The number of aliphatic hydroxyl groups excluding tert-OH is 1. The molecule has 4 heterocycles. The van der Waals surface area contributed by atoms with Crippen molar-refractivity contribution >= 4 is 29.4 Å². The zero-order valence-electron chi connectivity index (χ0n) is 13.4. The quantitative estimate of drug-likeness (QED) is 0.790. The summed E-state index contributed by atoms with van der Waals surface area (Å²) in [6.45, 7) is 2.72. The minimum absolute atomic E-state index is 0.0118. The van der Waals surface area contributed by atoms with E-state index in [4.69, 9.17) is 4.99 Å². The second-order valence-electron chi connectivity index (χ2n) is 6.50. The molecular weight excluding hydrogens is 328 g/mol. The summed E-state index contributed by atoms with van der Waals surface area (Å²) in [6, 6.07) is -0.0360. The maximum Gasteiger partial charge on any atom is 0.407 e. The Balaban J connectivity index is 1.70. The SMILES string of the molecule is C[C@@H](O)C1=NC23SC=CC2=NC=CC3N1[C@H]1CCCN(C(=O)O)C1. The van der Waals surface area contributed by atoms with Crippen molar-refractivity contribution < 1.29 is 15.0 Å². The van der Waals surface area contributed by atoms with Crippen LogP contribution in [0.5, 0.6) is 0 Å². The smallest absolute Gasteiger partial charge is 0.407 e. The van der Waals surface area contributed by atoms with Crippen LogP contribution in [0.25, 0.3) is 0 Å². The first-order valence-corrected chi connectivity index (χ1v) is 9.04. The van der Waals surface area contributed by atoms with Gasteiger partial charge >= 0.3 is 6.09 Å². The second kappa shape index (κ2) is 5.63. The van der Waals surface area contributed by atoms with Gasteiger partial charge in [-0.2, -0.15) is 0 Å². The van der Waals surface area contributed by atoms with Gasteiger partial charge in [0.15, 0.2) is 4.87 Å². The Morgan fingerprint density at radius 3 is 3.12 bits per heavy atom. The van der Waals surface area contributed by atoms with Crippen LogP contribution < -0.4 is 0 Å². The minimum atomic E-state index is -0.887. The summed E-state index contributed by atoms with van der Waals surface area (Å²) < 4.78 is 0. The highest BCUT2D eigenvalue weighted by molar-refractivity contribution is 8.04. The Bertz CT molecular complexity index is 687. The molecule has 128 valence electrons. The lowest BCUT2D eigenvalue weighted by Gasteiger charge is -2.43. The second-order valence-corrected chi connectivity index (χ2v) is 7.63. The third kappa shape index (κ3) is 2.20. The molecule has 4 aliphatic rings. The van der Waals surface area contributed by atoms with Crippen LogP contribution in [0.1, 0.15) is 19.8 Å². The van der Waals surface area contributed by atoms with Crippen LogP contribution >= 0.6 is 11.8 Å². The highest BCUT2D eigenvalue weighted by Crippen LogP contribution is 2.48. The number of carbonyl (C=O) groups is 1. The molecule has 8 heteroatoms. The number of thioether (sulfide) groups is 1. The fraction of sp³-hybridized carbons (Fsp3) is 0.562. The number of amides is 1. The van der Waals surface area contributed by atoms with Crippen LogP contribution in [0.15, 0.2) is 33.7 Å². The van der Waals surface area contributed by atoms with Crippen LogP contribution in [0, 0.1) is 0 Å². The highest BCUT2D eigenvalue weighted by atomic mass is 32.2. The average molecular weight is 348 g/mol. The summed E-state index contributed by atoms with van der Waals surface area (Å²) in [6.07, 6.45) is 5.89. The van der Waals surface area contributed by atoms with Gasteiger partial charge < -0.3 is 20.0 Å². The Hall–Kier alpha value is -1.80. The van der Waals surface area contributed by atoms with Gasteiger partial charge in [0, 0.05) is 25.3 Å². The van der Waals surface area contributed by atoms with Gasteiger partial charge in [0.2, 0.25) is 0 Å². The maximum atomic E-state index is 11.4. The van der Waals surface area contributed by atoms with Crippen molar-refractivity contribution in [3.63, 3.8) is 0 Å². The zero-order valence-corrected chi connectivity index (χ0v) is 14.2.